The number of ketones is 4. The number of carbonyl (C=O) groups is 6. The molecule has 37 heavy (non-hydrogen) atoms. The van der Waals surface area contributed by atoms with Gasteiger partial charge in [0.15, 0.2) is 34.7 Å². The molecule has 0 spiro atoms. The molecule has 196 valence electrons. The number of nitrogens with zero attached hydrogens (tertiary/aromatic N) is 1. The first kappa shape index (κ1) is 26.3. The third-order valence-electron chi connectivity index (χ3n) is 7.93. The van der Waals surface area contributed by atoms with E-state index in [1.54, 1.807) is 6.92 Å². The zero-order valence-electron chi connectivity index (χ0n) is 20.1. The quantitative estimate of drug-likeness (QED) is 0.230. The van der Waals surface area contributed by atoms with Crippen LogP contribution in [0.2, 0.25) is 0 Å². The number of hydrogen-bond donors (Lipinski definition) is 5. The predicted molar refractivity (Wildman–Crippen MR) is 124 cm³/mol. The van der Waals surface area contributed by atoms with Crippen LogP contribution in [0.1, 0.15) is 34.3 Å². The molecular formula is C25H26N2O10. The molecule has 1 amide bonds. The summed E-state index contributed by atoms with van der Waals surface area (Å²) in [5.41, 5.74) is 2.12. The highest BCUT2D eigenvalue weighted by Crippen LogP contribution is 2.54. The van der Waals surface area contributed by atoms with E-state index in [2.05, 4.69) is 0 Å². The van der Waals surface area contributed by atoms with Crippen LogP contribution in [0.4, 0.5) is 0 Å². The summed E-state index contributed by atoms with van der Waals surface area (Å²) in [4.78, 5) is 78.1. The van der Waals surface area contributed by atoms with E-state index in [1.165, 1.54) is 31.1 Å². The van der Waals surface area contributed by atoms with Crippen LogP contribution in [0.3, 0.4) is 0 Å². The highest BCUT2D eigenvalue weighted by molar-refractivity contribution is 6.32. The first-order chi connectivity index (χ1) is 17.2. The molecule has 2 unspecified atom stereocenters. The van der Waals surface area contributed by atoms with Crippen LogP contribution >= 0.6 is 0 Å². The molecular weight excluding hydrogens is 488 g/mol. The maximum Gasteiger partial charge on any atom is 0.328 e. The van der Waals surface area contributed by atoms with E-state index in [9.17, 15) is 44.1 Å². The maximum atomic E-state index is 13.8. The van der Waals surface area contributed by atoms with Gasteiger partial charge in [0.25, 0.3) is 0 Å². The van der Waals surface area contributed by atoms with Crippen molar-refractivity contribution in [3.63, 3.8) is 0 Å². The second-order valence-electron chi connectivity index (χ2n) is 10.0. The lowest BCUT2D eigenvalue weighted by atomic mass is 9.49. The molecule has 0 bridgehead atoms. The Balaban J connectivity index is 1.93. The number of rotatable bonds is 4. The predicted octanol–water partition coefficient (Wildman–Crippen LogP) is -1.50. The highest BCUT2D eigenvalue weighted by atomic mass is 16.4. The van der Waals surface area contributed by atoms with Crippen molar-refractivity contribution in [2.24, 2.45) is 29.4 Å². The average Bonchev–Trinajstić information content (AvgIpc) is 2.80. The number of aromatic hydroxyl groups is 1. The summed E-state index contributed by atoms with van der Waals surface area (Å²) in [5, 5.41) is 42.8. The number of nitrogens with two attached hydrogens (primary N) is 1. The number of likely N-dealkylation sites (N-methyl/N-ethyl adjacent to an activating group) is 1. The van der Waals surface area contributed by atoms with E-state index in [-0.39, 0.29) is 16.7 Å². The Bertz CT molecular complexity index is 1300. The number of aliphatic hydroxyl groups is 2. The van der Waals surface area contributed by atoms with Gasteiger partial charge in [-0.15, -0.1) is 0 Å². The minimum Gasteiger partial charge on any atom is -0.507 e. The van der Waals surface area contributed by atoms with Crippen molar-refractivity contribution in [1.29, 1.82) is 0 Å². The summed E-state index contributed by atoms with van der Waals surface area (Å²) in [6.45, 7) is 1.58. The second-order valence-corrected chi connectivity index (χ2v) is 10.0. The first-order valence-electron chi connectivity index (χ1n) is 11.5. The van der Waals surface area contributed by atoms with Crippen molar-refractivity contribution in [2.75, 3.05) is 14.1 Å². The lowest BCUT2D eigenvalue weighted by Gasteiger charge is -2.56. The molecule has 2 fully saturated rings. The van der Waals surface area contributed by atoms with Crippen molar-refractivity contribution in [1.82, 2.24) is 4.90 Å². The number of Topliss-reactive ketones (excluding diaryl/α,β-unsaturated/α-hetero) is 4. The number of carboxylic acids is 1. The molecule has 3 aliphatic carbocycles. The Morgan fingerprint density at radius 1 is 1.11 bits per heavy atom. The van der Waals surface area contributed by atoms with Crippen LogP contribution in [-0.4, -0.2) is 92.2 Å². The number of carboxylic acid groups (broad SMARTS) is 1. The standard InChI is InChI=1S/C25H26N2O10/c1-8-10-6-4-9(5-7-11(28)29)18(30)13(10)19(31)14-12(8)20(32)16-17(27(2)3)21(33)15(24(26)36)23(35)25(16,37)22(14)34/h4-8,12,14-17,20,30,32,37H,1-3H3,(H2,26,36)(H,28,29)/t8-,12+,14?,15?,16+,17-,20-,25-/m1/s1. The number of phenols is 1. The minimum atomic E-state index is -3.08. The lowest BCUT2D eigenvalue weighted by Crippen LogP contribution is -2.77. The second kappa shape index (κ2) is 8.68. The number of amides is 1. The van der Waals surface area contributed by atoms with Gasteiger partial charge in [-0.05, 0) is 31.7 Å². The van der Waals surface area contributed by atoms with Crippen molar-refractivity contribution < 1.29 is 49.2 Å². The molecule has 2 saturated carbocycles. The number of benzene rings is 1. The fourth-order valence-corrected chi connectivity index (χ4v) is 6.30. The summed E-state index contributed by atoms with van der Waals surface area (Å²) in [7, 11) is 2.82. The summed E-state index contributed by atoms with van der Waals surface area (Å²) >= 11 is 0. The Morgan fingerprint density at radius 3 is 2.27 bits per heavy atom. The van der Waals surface area contributed by atoms with Gasteiger partial charge in [0.1, 0.15) is 5.75 Å². The Labute approximate surface area is 210 Å². The number of primary amides is 1. The molecule has 1 aromatic carbocycles. The molecule has 0 radical (unpaired) electrons. The molecule has 0 aliphatic heterocycles. The number of hydrogen-bond acceptors (Lipinski definition) is 10. The molecule has 1 aromatic rings. The van der Waals surface area contributed by atoms with Crippen LogP contribution < -0.4 is 5.73 Å². The van der Waals surface area contributed by atoms with Gasteiger partial charge >= 0.3 is 5.97 Å². The molecule has 8 atom stereocenters. The van der Waals surface area contributed by atoms with E-state index >= 15 is 0 Å². The highest BCUT2D eigenvalue weighted by Gasteiger charge is 2.72. The van der Waals surface area contributed by atoms with Crippen molar-refractivity contribution >= 4 is 41.1 Å². The van der Waals surface area contributed by atoms with Gasteiger partial charge in [0.2, 0.25) is 5.91 Å². The maximum absolute atomic E-state index is 13.8. The molecule has 0 heterocycles. The van der Waals surface area contributed by atoms with Gasteiger partial charge in [-0.1, -0.05) is 19.1 Å². The van der Waals surface area contributed by atoms with E-state index in [0.717, 1.165) is 12.2 Å². The number of aliphatic hydroxyl groups excluding tert-OH is 1. The summed E-state index contributed by atoms with van der Waals surface area (Å²) in [6, 6.07) is 1.39. The van der Waals surface area contributed by atoms with Crippen LogP contribution in [0.5, 0.6) is 5.75 Å². The van der Waals surface area contributed by atoms with Crippen molar-refractivity contribution in [3.05, 3.63) is 34.9 Å². The van der Waals surface area contributed by atoms with Gasteiger partial charge in [-0.3, -0.25) is 28.9 Å². The van der Waals surface area contributed by atoms with E-state index in [0.29, 0.717) is 0 Å². The smallest absolute Gasteiger partial charge is 0.328 e. The van der Waals surface area contributed by atoms with Crippen LogP contribution in [0.25, 0.3) is 6.08 Å². The number of aliphatic carboxylic acids is 1. The number of phenolic OH excluding ortho intramolecular Hbond substituents is 1. The van der Waals surface area contributed by atoms with Crippen LogP contribution in [0.15, 0.2) is 18.2 Å². The average molecular weight is 514 g/mol. The van der Waals surface area contributed by atoms with E-state index in [4.69, 9.17) is 10.8 Å². The Hall–Kier alpha value is -3.74. The SMILES string of the molecule is C[C@@H]1c2ccc(C=CC(=O)O)c(O)c2C(=O)C2C(=O)[C@@]3(O)C(=O)C(C(N)=O)C(=O)[C@H](N(C)C)[C@H]3[C@H](O)[C@H]21. The normalized spacial score (nSPS) is 35.4. The molecule has 3 aliphatic rings. The number of fused-ring (bicyclic) bond motifs is 3. The van der Waals surface area contributed by atoms with Crippen LogP contribution in [0, 0.1) is 23.7 Å². The Morgan fingerprint density at radius 2 is 1.73 bits per heavy atom. The largest absolute Gasteiger partial charge is 0.507 e. The molecule has 0 aromatic heterocycles. The fourth-order valence-electron chi connectivity index (χ4n) is 6.30. The summed E-state index contributed by atoms with van der Waals surface area (Å²) < 4.78 is 0. The molecule has 6 N–H and O–H groups in total. The van der Waals surface area contributed by atoms with Gasteiger partial charge < -0.3 is 26.2 Å². The monoisotopic (exact) mass is 514 g/mol. The van der Waals surface area contributed by atoms with E-state index in [1.807, 2.05) is 0 Å². The Kier molecular flexibility index (Phi) is 6.18. The van der Waals surface area contributed by atoms with Gasteiger partial charge in [-0.25, -0.2) is 4.79 Å². The molecule has 4 rings (SSSR count). The molecule has 12 heteroatoms. The summed E-state index contributed by atoms with van der Waals surface area (Å²) in [5.74, 6) is -15.6. The van der Waals surface area contributed by atoms with Gasteiger partial charge in [0, 0.05) is 17.6 Å². The van der Waals surface area contributed by atoms with Crippen molar-refractivity contribution in [3.8, 4) is 5.75 Å². The van der Waals surface area contributed by atoms with Crippen LogP contribution in [-0.2, 0) is 24.0 Å². The zero-order chi connectivity index (χ0) is 27.7. The third kappa shape index (κ3) is 3.47. The molecule has 0 saturated heterocycles. The van der Waals surface area contributed by atoms with Gasteiger partial charge in [-0.2, -0.15) is 0 Å². The lowest BCUT2D eigenvalue weighted by molar-refractivity contribution is -0.196. The van der Waals surface area contributed by atoms with Gasteiger partial charge in [0.05, 0.1) is 29.5 Å². The van der Waals surface area contributed by atoms with E-state index < -0.39 is 88.1 Å². The zero-order valence-corrected chi connectivity index (χ0v) is 20.1. The number of carbonyl (C=O) groups excluding carboxylic acids is 5. The fraction of sp³-hybridized carbons (Fsp3) is 0.440. The minimum absolute atomic E-state index is 0.0265. The first-order valence-corrected chi connectivity index (χ1v) is 11.5. The third-order valence-corrected chi connectivity index (χ3v) is 7.93. The molecule has 12 nitrogen and oxygen atoms in total. The van der Waals surface area contributed by atoms with Crippen molar-refractivity contribution in [2.45, 2.75) is 30.6 Å². The topological polar surface area (TPSA) is 213 Å². The summed E-state index contributed by atoms with van der Waals surface area (Å²) in [6.07, 6.45) is 0.0772.